The Morgan fingerprint density at radius 1 is 0.704 bits per heavy atom. The van der Waals surface area contributed by atoms with Crippen LogP contribution in [0.3, 0.4) is 0 Å². The second-order valence-electron chi connectivity index (χ2n) is 8.68. The Morgan fingerprint density at radius 3 is 2.33 bits per heavy atom. The van der Waals surface area contributed by atoms with Gasteiger partial charge in [-0.25, -0.2) is 0 Å². The Labute approximate surface area is 160 Å². The van der Waals surface area contributed by atoms with Crippen molar-refractivity contribution in [2.75, 3.05) is 0 Å². The zero-order chi connectivity index (χ0) is 18.3. The van der Waals surface area contributed by atoms with Gasteiger partial charge in [0, 0.05) is 5.41 Å². The van der Waals surface area contributed by atoms with Crippen molar-refractivity contribution in [1.29, 1.82) is 0 Å². The van der Waals surface area contributed by atoms with E-state index in [0.29, 0.717) is 0 Å². The first-order valence-corrected chi connectivity index (χ1v) is 9.84. The van der Waals surface area contributed by atoms with Crippen LogP contribution in [0.15, 0.2) is 66.7 Å². The lowest BCUT2D eigenvalue weighted by atomic mass is 9.68. The van der Waals surface area contributed by atoms with Gasteiger partial charge in [-0.3, -0.25) is 0 Å². The molecule has 0 amide bonds. The predicted molar refractivity (Wildman–Crippen MR) is 114 cm³/mol. The minimum Gasteiger partial charge on any atom is -0.0617 e. The van der Waals surface area contributed by atoms with E-state index in [1.807, 2.05) is 0 Å². The van der Waals surface area contributed by atoms with Crippen LogP contribution in [0.25, 0.3) is 33.0 Å². The van der Waals surface area contributed by atoms with Gasteiger partial charge < -0.3 is 0 Å². The van der Waals surface area contributed by atoms with E-state index in [1.165, 1.54) is 60.8 Å². The van der Waals surface area contributed by atoms with Crippen LogP contribution < -0.4 is 0 Å². The number of benzene rings is 4. The third-order valence-corrected chi connectivity index (χ3v) is 6.79. The van der Waals surface area contributed by atoms with E-state index < -0.39 is 0 Å². The van der Waals surface area contributed by atoms with Gasteiger partial charge in [0.1, 0.15) is 0 Å². The molecule has 0 fully saturated rings. The Kier molecular flexibility index (Phi) is 2.76. The SMILES string of the molecule is Cc1cccc2c1-c1cc3c(cc1C2)C(C)(C)c1cccc2cccc-3c12. The molecular weight excluding hydrogens is 324 g/mol. The highest BCUT2D eigenvalue weighted by Crippen LogP contribution is 2.51. The predicted octanol–water partition coefficient (Wildman–Crippen LogP) is 7.03. The summed E-state index contributed by atoms with van der Waals surface area (Å²) in [6.45, 7) is 7.01. The molecule has 2 aliphatic carbocycles. The number of hydrogen-bond donors (Lipinski definition) is 0. The lowest BCUT2D eigenvalue weighted by Gasteiger charge is -2.35. The smallest absolute Gasteiger partial charge is 0.0159 e. The highest BCUT2D eigenvalue weighted by Gasteiger charge is 2.35. The molecule has 6 rings (SSSR count). The quantitative estimate of drug-likeness (QED) is 0.282. The standard InChI is InChI=1S/C27H22/c1-16-7-4-10-18-13-19-14-24-22(15-21(19)25(16)18)20-11-5-8-17-9-6-12-23(26(17)20)27(24,2)3/h4-12,14-15H,13H2,1-3H3. The third kappa shape index (κ3) is 1.83. The molecule has 130 valence electrons. The van der Waals surface area contributed by atoms with Crippen molar-refractivity contribution in [3.05, 3.63) is 94.5 Å². The maximum absolute atomic E-state index is 2.50. The number of hydrogen-bond acceptors (Lipinski definition) is 0. The fourth-order valence-electron chi connectivity index (χ4n) is 5.46. The summed E-state index contributed by atoms with van der Waals surface area (Å²) < 4.78 is 0. The summed E-state index contributed by atoms with van der Waals surface area (Å²) in [6, 6.07) is 25.2. The molecule has 2 aliphatic rings. The lowest BCUT2D eigenvalue weighted by molar-refractivity contribution is 0.644. The molecule has 0 radical (unpaired) electrons. The van der Waals surface area contributed by atoms with E-state index in [4.69, 9.17) is 0 Å². The molecule has 0 saturated carbocycles. The Bertz CT molecular complexity index is 1270. The summed E-state index contributed by atoms with van der Waals surface area (Å²) in [6.07, 6.45) is 1.06. The molecule has 0 unspecified atom stereocenters. The van der Waals surface area contributed by atoms with Crippen molar-refractivity contribution in [3.63, 3.8) is 0 Å². The highest BCUT2D eigenvalue weighted by molar-refractivity contribution is 6.04. The van der Waals surface area contributed by atoms with Crippen LogP contribution in [0.1, 0.15) is 41.7 Å². The van der Waals surface area contributed by atoms with Gasteiger partial charge >= 0.3 is 0 Å². The maximum Gasteiger partial charge on any atom is 0.0159 e. The summed E-state index contributed by atoms with van der Waals surface area (Å²) in [5.41, 5.74) is 13.0. The first-order valence-electron chi connectivity index (χ1n) is 9.84. The van der Waals surface area contributed by atoms with E-state index in [1.54, 1.807) is 0 Å². The van der Waals surface area contributed by atoms with E-state index in [9.17, 15) is 0 Å². The van der Waals surface area contributed by atoms with Crippen LogP contribution >= 0.6 is 0 Å². The second-order valence-corrected chi connectivity index (χ2v) is 8.68. The fraction of sp³-hybridized carbons (Fsp3) is 0.185. The molecule has 0 spiro atoms. The molecule has 0 heterocycles. The van der Waals surface area contributed by atoms with Crippen molar-refractivity contribution in [2.45, 2.75) is 32.6 Å². The Morgan fingerprint density at radius 2 is 1.48 bits per heavy atom. The van der Waals surface area contributed by atoms with Gasteiger partial charge in [0.2, 0.25) is 0 Å². The van der Waals surface area contributed by atoms with Crippen LogP contribution in [-0.4, -0.2) is 0 Å². The summed E-state index contributed by atoms with van der Waals surface area (Å²) in [5, 5.41) is 2.78. The molecule has 4 aromatic carbocycles. The lowest BCUT2D eigenvalue weighted by Crippen LogP contribution is -2.24. The molecule has 4 aromatic rings. The Balaban J connectivity index is 1.75. The normalized spacial score (nSPS) is 15.4. The number of rotatable bonds is 0. The molecule has 0 N–H and O–H groups in total. The number of aryl methyl sites for hydroxylation is 1. The fourth-order valence-corrected chi connectivity index (χ4v) is 5.46. The maximum atomic E-state index is 2.50. The van der Waals surface area contributed by atoms with Crippen LogP contribution in [0.4, 0.5) is 0 Å². The molecule has 0 nitrogen and oxygen atoms in total. The van der Waals surface area contributed by atoms with Gasteiger partial charge in [0.25, 0.3) is 0 Å². The van der Waals surface area contributed by atoms with Crippen molar-refractivity contribution >= 4 is 10.8 Å². The largest absolute Gasteiger partial charge is 0.0617 e. The summed E-state index contributed by atoms with van der Waals surface area (Å²) in [5.74, 6) is 0. The van der Waals surface area contributed by atoms with Gasteiger partial charge in [-0.15, -0.1) is 0 Å². The molecule has 0 bridgehead atoms. The number of fused-ring (bicyclic) bond motifs is 5. The van der Waals surface area contributed by atoms with Crippen molar-refractivity contribution in [3.8, 4) is 22.3 Å². The van der Waals surface area contributed by atoms with Crippen molar-refractivity contribution in [1.82, 2.24) is 0 Å². The van der Waals surface area contributed by atoms with Gasteiger partial charge in [0.15, 0.2) is 0 Å². The van der Waals surface area contributed by atoms with Gasteiger partial charge in [0.05, 0.1) is 0 Å². The average molecular weight is 346 g/mol. The van der Waals surface area contributed by atoms with Gasteiger partial charge in [-0.05, 0) is 80.3 Å². The highest BCUT2D eigenvalue weighted by atomic mass is 14.4. The minimum atomic E-state index is 0.0159. The second kappa shape index (κ2) is 4.89. The van der Waals surface area contributed by atoms with Crippen LogP contribution in [-0.2, 0) is 11.8 Å². The summed E-state index contributed by atoms with van der Waals surface area (Å²) in [7, 11) is 0. The monoisotopic (exact) mass is 346 g/mol. The van der Waals surface area contributed by atoms with Crippen LogP contribution in [0.5, 0.6) is 0 Å². The first kappa shape index (κ1) is 15.2. The topological polar surface area (TPSA) is 0 Å². The molecule has 27 heavy (non-hydrogen) atoms. The average Bonchev–Trinajstić information content (AvgIpc) is 3.04. The zero-order valence-electron chi connectivity index (χ0n) is 16.1. The Hall–Kier alpha value is -2.86. The van der Waals surface area contributed by atoms with Gasteiger partial charge in [-0.2, -0.15) is 0 Å². The molecular formula is C27H22. The van der Waals surface area contributed by atoms with E-state index in [-0.39, 0.29) is 5.41 Å². The summed E-state index contributed by atoms with van der Waals surface area (Å²) >= 11 is 0. The molecule has 0 aromatic heterocycles. The minimum absolute atomic E-state index is 0.0159. The van der Waals surface area contributed by atoms with E-state index in [0.717, 1.165) is 6.42 Å². The molecule has 0 aliphatic heterocycles. The molecule has 0 heteroatoms. The van der Waals surface area contributed by atoms with Crippen LogP contribution in [0.2, 0.25) is 0 Å². The first-order chi connectivity index (χ1) is 13.1. The molecule has 0 atom stereocenters. The molecule has 0 saturated heterocycles. The van der Waals surface area contributed by atoms with E-state index in [2.05, 4.69) is 87.5 Å². The van der Waals surface area contributed by atoms with Crippen molar-refractivity contribution < 1.29 is 0 Å². The van der Waals surface area contributed by atoms with E-state index >= 15 is 0 Å². The van der Waals surface area contributed by atoms with Crippen molar-refractivity contribution in [2.24, 2.45) is 0 Å². The van der Waals surface area contributed by atoms with Gasteiger partial charge in [-0.1, -0.05) is 74.5 Å². The third-order valence-electron chi connectivity index (χ3n) is 6.79. The van der Waals surface area contributed by atoms with Crippen LogP contribution in [0, 0.1) is 6.92 Å². The zero-order valence-corrected chi connectivity index (χ0v) is 16.1. The summed E-state index contributed by atoms with van der Waals surface area (Å²) in [4.78, 5) is 0.